The first-order valence-corrected chi connectivity index (χ1v) is 9.81. The second kappa shape index (κ2) is 9.11. The van der Waals surface area contributed by atoms with Gasteiger partial charge in [0.15, 0.2) is 11.6 Å². The lowest BCUT2D eigenvalue weighted by Gasteiger charge is -2.05. The van der Waals surface area contributed by atoms with Gasteiger partial charge in [0.2, 0.25) is 0 Å². The fourth-order valence-electron chi connectivity index (χ4n) is 3.32. The SMILES string of the molecule is COc1ccc(CCc2cc(F)c(C#Cc3ccc4c(F)c(F)ccc4c3)c(F)c2)nc1. The molecule has 0 aliphatic heterocycles. The summed E-state index contributed by atoms with van der Waals surface area (Å²) in [6, 6.07) is 12.9. The summed E-state index contributed by atoms with van der Waals surface area (Å²) in [6.45, 7) is 0. The number of aryl methyl sites for hydroxylation is 2. The fraction of sp³-hybridized carbons (Fsp3) is 0.115. The average Bonchev–Trinajstić information content (AvgIpc) is 2.80. The molecule has 1 heterocycles. The monoisotopic (exact) mass is 435 g/mol. The number of ether oxygens (including phenoxy) is 1. The van der Waals surface area contributed by atoms with E-state index in [4.69, 9.17) is 4.74 Å². The topological polar surface area (TPSA) is 22.1 Å². The molecular weight excluding hydrogens is 418 g/mol. The van der Waals surface area contributed by atoms with Gasteiger partial charge in [0.25, 0.3) is 0 Å². The Bertz CT molecular complexity index is 1330. The number of nitrogens with zero attached hydrogens (tertiary/aromatic N) is 1. The van der Waals surface area contributed by atoms with Crippen LogP contribution in [0, 0.1) is 35.1 Å². The van der Waals surface area contributed by atoms with E-state index >= 15 is 0 Å². The molecule has 4 aromatic rings. The van der Waals surface area contributed by atoms with Crippen LogP contribution in [0.15, 0.2) is 60.8 Å². The van der Waals surface area contributed by atoms with Crippen molar-refractivity contribution in [2.75, 3.05) is 7.11 Å². The first-order valence-electron chi connectivity index (χ1n) is 9.81. The van der Waals surface area contributed by atoms with Crippen molar-refractivity contribution in [1.29, 1.82) is 0 Å². The normalized spacial score (nSPS) is 10.7. The molecule has 6 heteroatoms. The van der Waals surface area contributed by atoms with E-state index in [0.717, 1.165) is 11.8 Å². The molecule has 0 saturated carbocycles. The highest BCUT2D eigenvalue weighted by Crippen LogP contribution is 2.22. The van der Waals surface area contributed by atoms with Gasteiger partial charge < -0.3 is 4.74 Å². The predicted octanol–water partition coefficient (Wildman–Crippen LogP) is 5.98. The van der Waals surface area contributed by atoms with Gasteiger partial charge in [0.05, 0.1) is 18.9 Å². The Morgan fingerprint density at radius 1 is 0.812 bits per heavy atom. The van der Waals surface area contributed by atoms with Crippen molar-refractivity contribution in [2.24, 2.45) is 0 Å². The maximum atomic E-state index is 14.5. The standard InChI is InChI=1S/C26H17F4NO/c1-32-20-8-7-19(31-15-20)6-2-17-13-24(28)22(25(29)14-17)10-4-16-3-9-21-18(12-16)5-11-23(27)26(21)30/h3,5,7-9,11-15H,2,6H2,1H3. The summed E-state index contributed by atoms with van der Waals surface area (Å²) < 4.78 is 61.2. The highest BCUT2D eigenvalue weighted by molar-refractivity contribution is 5.84. The maximum absolute atomic E-state index is 14.5. The second-order valence-corrected chi connectivity index (χ2v) is 7.17. The summed E-state index contributed by atoms with van der Waals surface area (Å²) >= 11 is 0. The number of benzene rings is 3. The Kier molecular flexibility index (Phi) is 6.09. The van der Waals surface area contributed by atoms with Crippen molar-refractivity contribution in [3.8, 4) is 17.6 Å². The first kappa shape index (κ1) is 21.4. The molecular formula is C26H17F4NO. The van der Waals surface area contributed by atoms with Gasteiger partial charge in [-0.2, -0.15) is 0 Å². The molecule has 32 heavy (non-hydrogen) atoms. The van der Waals surface area contributed by atoms with E-state index in [2.05, 4.69) is 16.8 Å². The number of hydrogen-bond acceptors (Lipinski definition) is 2. The van der Waals surface area contributed by atoms with Gasteiger partial charge in [0.1, 0.15) is 17.4 Å². The zero-order valence-corrected chi connectivity index (χ0v) is 17.1. The van der Waals surface area contributed by atoms with Crippen LogP contribution in [0.25, 0.3) is 10.8 Å². The Morgan fingerprint density at radius 3 is 2.28 bits per heavy atom. The van der Waals surface area contributed by atoms with Crippen LogP contribution in [0.2, 0.25) is 0 Å². The minimum atomic E-state index is -0.945. The third-order valence-electron chi connectivity index (χ3n) is 5.04. The molecule has 160 valence electrons. The molecule has 0 bridgehead atoms. The molecule has 0 spiro atoms. The average molecular weight is 435 g/mol. The van der Waals surface area contributed by atoms with Crippen molar-refractivity contribution in [3.63, 3.8) is 0 Å². The van der Waals surface area contributed by atoms with E-state index in [0.29, 0.717) is 35.1 Å². The zero-order chi connectivity index (χ0) is 22.7. The Morgan fingerprint density at radius 2 is 1.59 bits per heavy atom. The number of aromatic nitrogens is 1. The van der Waals surface area contributed by atoms with Crippen LogP contribution in [0.1, 0.15) is 22.4 Å². The first-order chi connectivity index (χ1) is 15.4. The summed E-state index contributed by atoms with van der Waals surface area (Å²) in [5.74, 6) is 2.43. The smallest absolute Gasteiger partial charge is 0.166 e. The number of hydrogen-bond donors (Lipinski definition) is 0. The molecule has 0 fully saturated rings. The lowest BCUT2D eigenvalue weighted by atomic mass is 10.0. The molecule has 0 atom stereocenters. The molecule has 0 N–H and O–H groups in total. The third-order valence-corrected chi connectivity index (χ3v) is 5.04. The summed E-state index contributed by atoms with van der Waals surface area (Å²) in [4.78, 5) is 4.24. The Hall–Kier alpha value is -3.85. The summed E-state index contributed by atoms with van der Waals surface area (Å²) in [5.41, 5.74) is 1.35. The summed E-state index contributed by atoms with van der Waals surface area (Å²) in [5, 5.41) is 0.558. The van der Waals surface area contributed by atoms with Crippen molar-refractivity contribution >= 4 is 10.8 Å². The summed E-state index contributed by atoms with van der Waals surface area (Å²) in [7, 11) is 1.55. The van der Waals surface area contributed by atoms with Crippen molar-refractivity contribution in [3.05, 3.63) is 106 Å². The predicted molar refractivity (Wildman–Crippen MR) is 114 cm³/mol. The molecule has 3 aromatic carbocycles. The van der Waals surface area contributed by atoms with E-state index in [1.807, 2.05) is 0 Å². The summed E-state index contributed by atoms with van der Waals surface area (Å²) in [6.07, 6.45) is 2.52. The number of fused-ring (bicyclic) bond motifs is 1. The van der Waals surface area contributed by atoms with E-state index in [9.17, 15) is 17.6 Å². The van der Waals surface area contributed by atoms with Gasteiger partial charge in [-0.15, -0.1) is 0 Å². The van der Waals surface area contributed by atoms with Gasteiger partial charge in [-0.05, 0) is 66.3 Å². The van der Waals surface area contributed by atoms with Gasteiger partial charge >= 0.3 is 0 Å². The fourth-order valence-corrected chi connectivity index (χ4v) is 3.32. The molecule has 0 saturated heterocycles. The van der Waals surface area contributed by atoms with Crippen molar-refractivity contribution in [1.82, 2.24) is 4.98 Å². The maximum Gasteiger partial charge on any atom is 0.166 e. The van der Waals surface area contributed by atoms with Gasteiger partial charge in [0, 0.05) is 16.6 Å². The van der Waals surface area contributed by atoms with E-state index in [1.54, 1.807) is 25.4 Å². The molecule has 0 aliphatic carbocycles. The van der Waals surface area contributed by atoms with Crippen molar-refractivity contribution < 1.29 is 22.3 Å². The van der Waals surface area contributed by atoms with Crippen LogP contribution < -0.4 is 4.74 Å². The quantitative estimate of drug-likeness (QED) is 0.290. The molecule has 0 unspecified atom stereocenters. The molecule has 4 rings (SSSR count). The molecule has 0 amide bonds. The van der Waals surface area contributed by atoms with Gasteiger partial charge in [-0.3, -0.25) is 4.98 Å². The number of methoxy groups -OCH3 is 1. The highest BCUT2D eigenvalue weighted by Gasteiger charge is 2.11. The van der Waals surface area contributed by atoms with E-state index < -0.39 is 23.3 Å². The van der Waals surface area contributed by atoms with Gasteiger partial charge in [-0.1, -0.05) is 24.0 Å². The van der Waals surface area contributed by atoms with Crippen LogP contribution in [-0.2, 0) is 12.8 Å². The van der Waals surface area contributed by atoms with Crippen LogP contribution >= 0.6 is 0 Å². The lowest BCUT2D eigenvalue weighted by molar-refractivity contribution is 0.412. The van der Waals surface area contributed by atoms with Crippen LogP contribution in [0.3, 0.4) is 0 Å². The van der Waals surface area contributed by atoms with Crippen molar-refractivity contribution in [2.45, 2.75) is 12.8 Å². The Labute approximate surface area is 182 Å². The minimum absolute atomic E-state index is 0.114. The molecule has 0 aliphatic rings. The zero-order valence-electron chi connectivity index (χ0n) is 17.1. The molecule has 2 nitrogen and oxygen atoms in total. The second-order valence-electron chi connectivity index (χ2n) is 7.17. The third kappa shape index (κ3) is 4.57. The molecule has 0 radical (unpaired) electrons. The van der Waals surface area contributed by atoms with Crippen LogP contribution in [0.5, 0.6) is 5.75 Å². The largest absolute Gasteiger partial charge is 0.495 e. The van der Waals surface area contributed by atoms with Crippen LogP contribution in [-0.4, -0.2) is 12.1 Å². The number of halogens is 4. The lowest BCUT2D eigenvalue weighted by Crippen LogP contribution is -1.99. The minimum Gasteiger partial charge on any atom is -0.495 e. The van der Waals surface area contributed by atoms with E-state index in [-0.39, 0.29) is 10.9 Å². The Balaban J connectivity index is 1.53. The molecule has 1 aromatic heterocycles. The number of pyridine rings is 1. The number of rotatable bonds is 4. The van der Waals surface area contributed by atoms with Gasteiger partial charge in [-0.25, -0.2) is 17.6 Å². The van der Waals surface area contributed by atoms with E-state index in [1.165, 1.54) is 36.4 Å². The highest BCUT2D eigenvalue weighted by atomic mass is 19.2. The van der Waals surface area contributed by atoms with Crippen LogP contribution in [0.4, 0.5) is 17.6 Å².